The molecule has 1 amide bonds. The van der Waals surface area contributed by atoms with Crippen LogP contribution in [0.25, 0.3) is 0 Å². The first-order valence-corrected chi connectivity index (χ1v) is 16.7. The maximum Gasteiger partial charge on any atom is 0.243 e. The number of amides is 1. The monoisotopic (exact) mass is 641 g/mol. The number of rotatable bonds is 8. The summed E-state index contributed by atoms with van der Waals surface area (Å²) in [6, 6.07) is 7.69. The van der Waals surface area contributed by atoms with Gasteiger partial charge in [0.1, 0.15) is 11.6 Å². The molecule has 240 valence electrons. The molecule has 3 N–H and O–H groups in total. The van der Waals surface area contributed by atoms with Crippen molar-refractivity contribution < 1.29 is 26.8 Å². The van der Waals surface area contributed by atoms with Gasteiger partial charge in [0.15, 0.2) is 5.78 Å². The van der Waals surface area contributed by atoms with E-state index < -0.39 is 26.6 Å². The maximum absolute atomic E-state index is 13.8. The summed E-state index contributed by atoms with van der Waals surface area (Å²) in [5.74, 6) is -2.59. The Morgan fingerprint density at radius 2 is 1.80 bits per heavy atom. The minimum absolute atomic E-state index is 0.0863. The molecule has 4 heterocycles. The molecule has 6 rings (SSSR count). The lowest BCUT2D eigenvalue weighted by Crippen LogP contribution is -2.44. The molecule has 3 aromatic rings. The second-order valence-electron chi connectivity index (χ2n) is 12.0. The lowest BCUT2D eigenvalue weighted by molar-refractivity contribution is -0.120. The number of aromatic amines is 1. The van der Waals surface area contributed by atoms with E-state index in [0.29, 0.717) is 47.2 Å². The van der Waals surface area contributed by atoms with E-state index in [4.69, 9.17) is 0 Å². The minimum Gasteiger partial charge on any atom is -0.369 e. The van der Waals surface area contributed by atoms with Crippen LogP contribution in [0.3, 0.4) is 0 Å². The highest BCUT2D eigenvalue weighted by atomic mass is 32.2. The molecule has 0 bridgehead atoms. The Labute approximate surface area is 261 Å². The zero-order valence-corrected chi connectivity index (χ0v) is 25.9. The molecule has 1 atom stereocenters. The Bertz CT molecular complexity index is 1680. The van der Waals surface area contributed by atoms with Gasteiger partial charge < -0.3 is 20.4 Å². The first-order chi connectivity index (χ1) is 21.6. The van der Waals surface area contributed by atoms with Gasteiger partial charge in [0.2, 0.25) is 15.9 Å². The number of piperidine rings is 1. The van der Waals surface area contributed by atoms with Crippen LogP contribution >= 0.6 is 0 Å². The molecule has 1 aromatic heterocycles. The van der Waals surface area contributed by atoms with Crippen molar-refractivity contribution in [1.82, 2.24) is 24.7 Å². The van der Waals surface area contributed by atoms with Gasteiger partial charge in [0.25, 0.3) is 0 Å². The van der Waals surface area contributed by atoms with Crippen LogP contribution < -0.4 is 15.5 Å². The average Bonchev–Trinajstić information content (AvgIpc) is 3.43. The molecule has 14 heteroatoms. The van der Waals surface area contributed by atoms with E-state index in [9.17, 15) is 26.8 Å². The largest absolute Gasteiger partial charge is 0.369 e. The van der Waals surface area contributed by atoms with Gasteiger partial charge in [-0.3, -0.25) is 14.7 Å². The number of Topliss-reactive ketones (excluding diaryl/α,β-unsaturated/α-hetero) is 1. The molecule has 2 fully saturated rings. The lowest BCUT2D eigenvalue weighted by atomic mass is 9.97. The number of nitrogens with zero attached hydrogens (tertiary/aromatic N) is 4. The maximum atomic E-state index is 13.8. The standard InChI is InChI=1S/C31H37F2N7O4S/c1-38-9-11-39(12-10-38)23-4-5-25(28(16-23)35-31(42)20-3-2-7-34-18-20)30(41)17-29-26-19-40(8-6-27(26)36-37-29)45(43,44)24-14-21(32)13-22(33)15-24/h4-5,13-16,20,34H,2-3,6-12,17-19H2,1H3,(H,35,42)(H,36,37). The number of ketones is 1. The number of H-pyrrole nitrogens is 1. The van der Waals surface area contributed by atoms with E-state index in [1.165, 1.54) is 0 Å². The van der Waals surface area contributed by atoms with Gasteiger partial charge in [-0.05, 0) is 56.8 Å². The molecule has 2 aromatic carbocycles. The summed E-state index contributed by atoms with van der Waals surface area (Å²) in [4.78, 5) is 31.1. The van der Waals surface area contributed by atoms with Crippen LogP contribution in [0.2, 0.25) is 0 Å². The Morgan fingerprint density at radius 1 is 1.04 bits per heavy atom. The smallest absolute Gasteiger partial charge is 0.243 e. The number of carbonyl (C=O) groups excluding carboxylic acids is 2. The molecule has 3 aliphatic heterocycles. The van der Waals surface area contributed by atoms with Crippen LogP contribution in [0.4, 0.5) is 20.2 Å². The number of nitrogens with one attached hydrogen (secondary N) is 3. The number of sulfonamides is 1. The highest BCUT2D eigenvalue weighted by molar-refractivity contribution is 7.89. The van der Waals surface area contributed by atoms with Crippen LogP contribution in [0.1, 0.15) is 40.2 Å². The highest BCUT2D eigenvalue weighted by Crippen LogP contribution is 2.30. The summed E-state index contributed by atoms with van der Waals surface area (Å²) in [6.45, 7) is 4.89. The number of aromatic nitrogens is 2. The number of hydrogen-bond donors (Lipinski definition) is 3. The quantitative estimate of drug-likeness (QED) is 0.320. The molecular weight excluding hydrogens is 604 g/mol. The third kappa shape index (κ3) is 6.78. The Hall–Kier alpha value is -3.72. The first-order valence-electron chi connectivity index (χ1n) is 15.2. The third-order valence-electron chi connectivity index (χ3n) is 8.88. The molecule has 11 nitrogen and oxygen atoms in total. The molecule has 1 unspecified atom stereocenters. The number of piperazine rings is 1. The molecular formula is C31H37F2N7O4S. The summed E-state index contributed by atoms with van der Waals surface area (Å²) in [6.07, 6.45) is 1.83. The molecule has 0 spiro atoms. The number of carbonyl (C=O) groups is 2. The summed E-state index contributed by atoms with van der Waals surface area (Å²) >= 11 is 0. The van der Waals surface area contributed by atoms with Crippen molar-refractivity contribution in [1.29, 1.82) is 0 Å². The van der Waals surface area contributed by atoms with Crippen LogP contribution in [-0.2, 0) is 34.2 Å². The number of anilines is 2. The topological polar surface area (TPSA) is 131 Å². The predicted octanol–water partition coefficient (Wildman–Crippen LogP) is 2.55. The predicted molar refractivity (Wildman–Crippen MR) is 165 cm³/mol. The van der Waals surface area contributed by atoms with Gasteiger partial charge in [-0.1, -0.05) is 0 Å². The van der Waals surface area contributed by atoms with Crippen LogP contribution in [-0.4, -0.2) is 92.4 Å². The fourth-order valence-corrected chi connectivity index (χ4v) is 7.66. The second-order valence-corrected chi connectivity index (χ2v) is 13.9. The van der Waals surface area contributed by atoms with Crippen LogP contribution in [0.5, 0.6) is 0 Å². The van der Waals surface area contributed by atoms with Crippen molar-refractivity contribution in [2.75, 3.05) is 63.1 Å². The lowest BCUT2D eigenvalue weighted by Gasteiger charge is -2.34. The number of fused-ring (bicyclic) bond motifs is 1. The average molecular weight is 642 g/mol. The second kappa shape index (κ2) is 12.9. The molecule has 0 aliphatic carbocycles. The molecule has 2 saturated heterocycles. The van der Waals surface area contributed by atoms with E-state index in [-0.39, 0.29) is 37.1 Å². The van der Waals surface area contributed by atoms with Crippen molar-refractivity contribution in [2.24, 2.45) is 5.92 Å². The number of halogens is 2. The van der Waals surface area contributed by atoms with Crippen molar-refractivity contribution in [3.63, 3.8) is 0 Å². The van der Waals surface area contributed by atoms with Crippen molar-refractivity contribution in [3.8, 4) is 0 Å². The van der Waals surface area contributed by atoms with Crippen molar-refractivity contribution in [2.45, 2.75) is 37.1 Å². The summed E-state index contributed by atoms with van der Waals surface area (Å²) < 4.78 is 55.4. The molecule has 45 heavy (non-hydrogen) atoms. The van der Waals surface area contributed by atoms with Gasteiger partial charge in [0.05, 0.1) is 28.6 Å². The van der Waals surface area contributed by atoms with Crippen LogP contribution in [0.15, 0.2) is 41.3 Å². The van der Waals surface area contributed by atoms with Gasteiger partial charge in [-0.15, -0.1) is 0 Å². The van der Waals surface area contributed by atoms with Crippen LogP contribution in [0, 0.1) is 17.6 Å². The Balaban J connectivity index is 1.24. The van der Waals surface area contributed by atoms with Gasteiger partial charge >= 0.3 is 0 Å². The minimum atomic E-state index is -4.21. The van der Waals surface area contributed by atoms with Crippen molar-refractivity contribution >= 4 is 33.1 Å². The fraction of sp³-hybridized carbons (Fsp3) is 0.452. The zero-order valence-electron chi connectivity index (χ0n) is 25.1. The zero-order chi connectivity index (χ0) is 31.7. The number of likely N-dealkylation sites (N-methyl/N-ethyl adjacent to an activating group) is 1. The fourth-order valence-electron chi connectivity index (χ4n) is 6.21. The van der Waals surface area contributed by atoms with E-state index in [1.807, 2.05) is 12.1 Å². The molecule has 0 radical (unpaired) electrons. The van der Waals surface area contributed by atoms with Gasteiger partial charge in [-0.25, -0.2) is 17.2 Å². The number of benzene rings is 2. The van der Waals surface area contributed by atoms with E-state index in [1.54, 1.807) is 6.07 Å². The normalized spacial score (nSPS) is 19.7. The van der Waals surface area contributed by atoms with Gasteiger partial charge in [0, 0.05) is 80.8 Å². The molecule has 0 saturated carbocycles. The third-order valence-corrected chi connectivity index (χ3v) is 10.7. The molecule has 3 aliphatic rings. The Morgan fingerprint density at radius 3 is 2.51 bits per heavy atom. The van der Waals surface area contributed by atoms with Crippen molar-refractivity contribution in [3.05, 3.63) is 70.5 Å². The highest BCUT2D eigenvalue weighted by Gasteiger charge is 2.33. The summed E-state index contributed by atoms with van der Waals surface area (Å²) in [5.41, 5.74) is 3.35. The SMILES string of the molecule is CN1CCN(c2ccc(C(=O)Cc3n[nH]c4c3CN(S(=O)(=O)c3cc(F)cc(F)c3)CC4)c(NC(=O)C3CCCNC3)c2)CC1. The Kier molecular flexibility index (Phi) is 9.00. The number of hydrogen-bond acceptors (Lipinski definition) is 8. The first kappa shape index (κ1) is 31.3. The van der Waals surface area contributed by atoms with E-state index >= 15 is 0 Å². The van der Waals surface area contributed by atoms with E-state index in [0.717, 1.165) is 67.7 Å². The summed E-state index contributed by atoms with van der Waals surface area (Å²) in [7, 11) is -2.13. The van der Waals surface area contributed by atoms with E-state index in [2.05, 4.69) is 37.7 Å². The summed E-state index contributed by atoms with van der Waals surface area (Å²) in [5, 5.41) is 13.6. The van der Waals surface area contributed by atoms with Gasteiger partial charge in [-0.2, -0.15) is 9.40 Å².